The maximum Gasteiger partial charge on any atom is 0.135 e. The Bertz CT molecular complexity index is 913. The Kier molecular flexibility index (Phi) is 8.22. The molecule has 0 aliphatic rings. The molecule has 0 saturated heterocycles. The second kappa shape index (κ2) is 11.1. The van der Waals surface area contributed by atoms with Crippen molar-refractivity contribution in [3.8, 4) is 11.5 Å². The molecule has 0 atom stereocenters. The van der Waals surface area contributed by atoms with Crippen LogP contribution in [-0.4, -0.2) is 13.7 Å². The smallest absolute Gasteiger partial charge is 0.135 e. The summed E-state index contributed by atoms with van der Waals surface area (Å²) in [6.45, 7) is 5.23. The molecule has 3 aromatic rings. The van der Waals surface area contributed by atoms with E-state index in [0.717, 1.165) is 52.5 Å². The molecule has 0 bridgehead atoms. The summed E-state index contributed by atoms with van der Waals surface area (Å²) in [5.74, 6) is 1.95. The predicted molar refractivity (Wildman–Crippen MR) is 125 cm³/mol. The first-order valence-electron chi connectivity index (χ1n) is 11.4. The number of unbranched alkanes of at least 4 members (excludes halogenated alkanes) is 7. The standard InChI is InChI=1S/C27H36O2/c1-4-6-7-8-9-10-11-14-19-29-27-23-16-13-12-15-22(23)26(28-3)25-20-21(5-2)17-18-24(25)27/h12-13,15-18,20H,4-11,14,19H2,1-3H3. The lowest BCUT2D eigenvalue weighted by atomic mass is 9.98. The van der Waals surface area contributed by atoms with Gasteiger partial charge in [0.15, 0.2) is 0 Å². The zero-order chi connectivity index (χ0) is 20.5. The van der Waals surface area contributed by atoms with Crippen LogP contribution in [0, 0.1) is 0 Å². The molecule has 2 heteroatoms. The number of methoxy groups -OCH3 is 1. The van der Waals surface area contributed by atoms with Crippen molar-refractivity contribution in [1.82, 2.24) is 0 Å². The SMILES string of the molecule is CCCCCCCCCCOc1c2ccccc2c(OC)c2cc(CC)ccc12. The fourth-order valence-electron chi connectivity index (χ4n) is 4.15. The molecule has 0 spiro atoms. The summed E-state index contributed by atoms with van der Waals surface area (Å²) in [5, 5.41) is 4.57. The van der Waals surface area contributed by atoms with E-state index in [1.165, 1.54) is 50.5 Å². The van der Waals surface area contributed by atoms with E-state index in [9.17, 15) is 0 Å². The van der Waals surface area contributed by atoms with Crippen molar-refractivity contribution in [3.05, 3.63) is 48.0 Å². The Balaban J connectivity index is 1.76. The lowest BCUT2D eigenvalue weighted by Gasteiger charge is -2.17. The van der Waals surface area contributed by atoms with E-state index in [1.54, 1.807) is 7.11 Å². The van der Waals surface area contributed by atoms with Gasteiger partial charge in [0.2, 0.25) is 0 Å². The Labute approximate surface area is 176 Å². The van der Waals surface area contributed by atoms with Crippen LogP contribution in [0.1, 0.15) is 70.8 Å². The summed E-state index contributed by atoms with van der Waals surface area (Å²) in [4.78, 5) is 0. The monoisotopic (exact) mass is 392 g/mol. The molecule has 0 fully saturated rings. The molecular formula is C27H36O2. The fraction of sp³-hybridized carbons (Fsp3) is 0.481. The summed E-state index contributed by atoms with van der Waals surface area (Å²) in [6.07, 6.45) is 11.5. The fourth-order valence-corrected chi connectivity index (χ4v) is 4.15. The zero-order valence-corrected chi connectivity index (χ0v) is 18.4. The highest BCUT2D eigenvalue weighted by Crippen LogP contribution is 2.43. The number of aryl methyl sites for hydroxylation is 1. The summed E-state index contributed by atoms with van der Waals surface area (Å²) in [7, 11) is 1.76. The van der Waals surface area contributed by atoms with Crippen LogP contribution in [0.15, 0.2) is 42.5 Å². The van der Waals surface area contributed by atoms with Crippen LogP contribution in [0.25, 0.3) is 21.5 Å². The second-order valence-electron chi connectivity index (χ2n) is 7.96. The molecule has 0 unspecified atom stereocenters. The third-order valence-electron chi connectivity index (χ3n) is 5.85. The lowest BCUT2D eigenvalue weighted by Crippen LogP contribution is -2.00. The van der Waals surface area contributed by atoms with Crippen molar-refractivity contribution < 1.29 is 9.47 Å². The van der Waals surface area contributed by atoms with Gasteiger partial charge in [-0.05, 0) is 24.5 Å². The van der Waals surface area contributed by atoms with Gasteiger partial charge in [-0.25, -0.2) is 0 Å². The van der Waals surface area contributed by atoms with Crippen LogP contribution in [-0.2, 0) is 6.42 Å². The predicted octanol–water partition coefficient (Wildman–Crippen LogP) is 8.08. The van der Waals surface area contributed by atoms with E-state index < -0.39 is 0 Å². The van der Waals surface area contributed by atoms with Crippen LogP contribution in [0.4, 0.5) is 0 Å². The number of fused-ring (bicyclic) bond motifs is 2. The Morgan fingerprint density at radius 2 is 1.28 bits per heavy atom. The van der Waals surface area contributed by atoms with Crippen molar-refractivity contribution in [2.45, 2.75) is 71.6 Å². The topological polar surface area (TPSA) is 18.5 Å². The molecule has 3 aromatic carbocycles. The zero-order valence-electron chi connectivity index (χ0n) is 18.4. The molecule has 0 radical (unpaired) electrons. The van der Waals surface area contributed by atoms with Crippen LogP contribution in [0.3, 0.4) is 0 Å². The van der Waals surface area contributed by atoms with Crippen molar-refractivity contribution in [1.29, 1.82) is 0 Å². The van der Waals surface area contributed by atoms with Gasteiger partial charge in [0.25, 0.3) is 0 Å². The number of rotatable bonds is 12. The van der Waals surface area contributed by atoms with E-state index in [1.807, 2.05) is 0 Å². The van der Waals surface area contributed by atoms with E-state index in [2.05, 4.69) is 56.3 Å². The molecule has 3 rings (SSSR count). The van der Waals surface area contributed by atoms with Gasteiger partial charge < -0.3 is 9.47 Å². The molecule has 0 aliphatic heterocycles. The second-order valence-corrected chi connectivity index (χ2v) is 7.96. The highest BCUT2D eigenvalue weighted by Gasteiger charge is 2.15. The van der Waals surface area contributed by atoms with Crippen molar-refractivity contribution in [2.24, 2.45) is 0 Å². The minimum atomic E-state index is 0.774. The average Bonchev–Trinajstić information content (AvgIpc) is 2.77. The van der Waals surface area contributed by atoms with E-state index >= 15 is 0 Å². The van der Waals surface area contributed by atoms with Gasteiger partial charge in [0.05, 0.1) is 13.7 Å². The highest BCUT2D eigenvalue weighted by molar-refractivity contribution is 6.11. The van der Waals surface area contributed by atoms with Crippen LogP contribution in [0.5, 0.6) is 11.5 Å². The van der Waals surface area contributed by atoms with Gasteiger partial charge in [0.1, 0.15) is 11.5 Å². The maximum atomic E-state index is 6.40. The third kappa shape index (κ3) is 5.23. The Morgan fingerprint density at radius 1 is 0.655 bits per heavy atom. The summed E-state index contributed by atoms with van der Waals surface area (Å²) in [6, 6.07) is 15.1. The largest absolute Gasteiger partial charge is 0.495 e. The van der Waals surface area contributed by atoms with Gasteiger partial charge in [0, 0.05) is 21.5 Å². The average molecular weight is 393 g/mol. The minimum Gasteiger partial charge on any atom is -0.495 e. The molecule has 0 heterocycles. The molecule has 0 N–H and O–H groups in total. The van der Waals surface area contributed by atoms with Crippen LogP contribution < -0.4 is 9.47 Å². The normalized spacial score (nSPS) is 11.3. The molecule has 29 heavy (non-hydrogen) atoms. The first kappa shape index (κ1) is 21.5. The molecule has 0 aromatic heterocycles. The highest BCUT2D eigenvalue weighted by atomic mass is 16.5. The number of hydrogen-bond acceptors (Lipinski definition) is 2. The summed E-state index contributed by atoms with van der Waals surface area (Å²) >= 11 is 0. The first-order chi connectivity index (χ1) is 14.3. The molecule has 2 nitrogen and oxygen atoms in total. The Hall–Kier alpha value is -2.22. The minimum absolute atomic E-state index is 0.774. The van der Waals surface area contributed by atoms with E-state index in [0.29, 0.717) is 0 Å². The van der Waals surface area contributed by atoms with Gasteiger partial charge in [-0.2, -0.15) is 0 Å². The molecule has 0 aliphatic carbocycles. The summed E-state index contributed by atoms with van der Waals surface area (Å²) in [5.41, 5.74) is 1.32. The van der Waals surface area contributed by atoms with Gasteiger partial charge in [-0.3, -0.25) is 0 Å². The van der Waals surface area contributed by atoms with Crippen molar-refractivity contribution in [3.63, 3.8) is 0 Å². The molecule has 0 saturated carbocycles. The van der Waals surface area contributed by atoms with Gasteiger partial charge in [-0.15, -0.1) is 0 Å². The van der Waals surface area contributed by atoms with Crippen LogP contribution in [0.2, 0.25) is 0 Å². The number of ether oxygens (including phenoxy) is 2. The van der Waals surface area contributed by atoms with Crippen molar-refractivity contribution in [2.75, 3.05) is 13.7 Å². The maximum absolute atomic E-state index is 6.40. The van der Waals surface area contributed by atoms with E-state index in [4.69, 9.17) is 9.47 Å². The molecule has 156 valence electrons. The lowest BCUT2D eigenvalue weighted by molar-refractivity contribution is 0.310. The Morgan fingerprint density at radius 3 is 1.93 bits per heavy atom. The first-order valence-corrected chi connectivity index (χ1v) is 11.4. The van der Waals surface area contributed by atoms with Gasteiger partial charge in [-0.1, -0.05) is 95.2 Å². The van der Waals surface area contributed by atoms with Gasteiger partial charge >= 0.3 is 0 Å². The third-order valence-corrected chi connectivity index (χ3v) is 5.85. The number of hydrogen-bond donors (Lipinski definition) is 0. The van der Waals surface area contributed by atoms with Crippen molar-refractivity contribution >= 4 is 21.5 Å². The molecular weight excluding hydrogens is 356 g/mol. The van der Waals surface area contributed by atoms with Crippen LogP contribution >= 0.6 is 0 Å². The summed E-state index contributed by atoms with van der Waals surface area (Å²) < 4.78 is 12.2. The number of benzene rings is 3. The van der Waals surface area contributed by atoms with E-state index in [-0.39, 0.29) is 0 Å². The molecule has 0 amide bonds. The quantitative estimate of drug-likeness (QED) is 0.229.